The predicted molar refractivity (Wildman–Crippen MR) is 566 cm³/mol. The van der Waals surface area contributed by atoms with Crippen molar-refractivity contribution in [2.45, 2.75) is 164 Å². The van der Waals surface area contributed by atoms with E-state index in [2.05, 4.69) is 26.2 Å². The Morgan fingerprint density at radius 3 is 1.44 bits per heavy atom. The van der Waals surface area contributed by atoms with Crippen LogP contribution in [0.2, 0.25) is 15.1 Å². The van der Waals surface area contributed by atoms with Gasteiger partial charge in [-0.3, -0.25) is 43.2 Å². The van der Waals surface area contributed by atoms with Gasteiger partial charge in [-0.05, 0) is 297 Å². The molecule has 12 aromatic carbocycles. The second kappa shape index (κ2) is 46.5. The van der Waals surface area contributed by atoms with Gasteiger partial charge in [-0.25, -0.2) is 21.6 Å². The van der Waals surface area contributed by atoms with Gasteiger partial charge in [0.15, 0.2) is 21.4 Å². The van der Waals surface area contributed by atoms with E-state index in [1.165, 1.54) is 42.8 Å². The molecule has 772 valence electrons. The normalized spacial score (nSPS) is 16.0. The predicted octanol–water partition coefficient (Wildman–Crippen LogP) is 23.7. The van der Waals surface area contributed by atoms with E-state index in [1.54, 1.807) is 138 Å². The molecule has 1 fully saturated rings. The molecule has 26 nitrogen and oxygen atoms in total. The summed E-state index contributed by atoms with van der Waals surface area (Å²) >= 11 is 18.0. The number of carbonyl (C=O) groups excluding carboxylic acids is 4. The lowest BCUT2D eigenvalue weighted by Crippen LogP contribution is -2.41. The maximum absolute atomic E-state index is 14.4. The van der Waals surface area contributed by atoms with Crippen molar-refractivity contribution in [1.82, 2.24) is 13.7 Å². The fourth-order valence-corrected chi connectivity index (χ4v) is 22.0. The van der Waals surface area contributed by atoms with Gasteiger partial charge in [-0.15, -0.1) is 0 Å². The fraction of sp³-hybridized carbons (Fsp3) is 0.256. The number of fused-ring (bicyclic) bond motifs is 11. The van der Waals surface area contributed by atoms with E-state index in [0.29, 0.717) is 147 Å². The van der Waals surface area contributed by atoms with E-state index in [0.717, 1.165) is 125 Å². The third-order valence-electron chi connectivity index (χ3n) is 27.4. The average molecular weight is 2110 g/mol. The number of sulfone groups is 1. The first-order valence-corrected chi connectivity index (χ1v) is 52.1. The number of carbonyl (C=O) groups is 9. The Hall–Kier alpha value is -15.5. The average Bonchev–Trinajstić information content (AvgIpc) is 1.65. The van der Waals surface area contributed by atoms with E-state index in [4.69, 9.17) is 64.0 Å². The smallest absolute Gasteiger partial charge is 0.307 e. The molecule has 150 heavy (non-hydrogen) atoms. The first-order valence-electron chi connectivity index (χ1n) is 49.1. The van der Waals surface area contributed by atoms with Gasteiger partial charge < -0.3 is 73.7 Å². The van der Waals surface area contributed by atoms with Crippen LogP contribution in [-0.4, -0.2) is 146 Å². The highest BCUT2D eigenvalue weighted by molar-refractivity contribution is 7.91. The van der Waals surface area contributed by atoms with Crippen molar-refractivity contribution in [1.29, 1.82) is 0 Å². The lowest BCUT2D eigenvalue weighted by molar-refractivity contribution is -0.138. The molecule has 2 amide bonds. The topological polar surface area (TPSA) is 368 Å². The number of Topliss-reactive ketones (excluding diaryl/α,β-unsaturated/α-hetero) is 1. The summed E-state index contributed by atoms with van der Waals surface area (Å²) in [5.74, 6) is -4.30. The van der Waals surface area contributed by atoms with Crippen molar-refractivity contribution in [2.75, 3.05) is 48.6 Å². The van der Waals surface area contributed by atoms with Crippen LogP contribution in [0, 0.1) is 17.5 Å². The summed E-state index contributed by atoms with van der Waals surface area (Å²) in [5, 5.41) is 55.1. The van der Waals surface area contributed by atoms with Gasteiger partial charge in [0, 0.05) is 133 Å². The van der Waals surface area contributed by atoms with Gasteiger partial charge in [0.1, 0.15) is 65.9 Å². The number of likely N-dealkylation sites (N-methyl/N-ethyl adjacent to an activating group) is 1. The highest BCUT2D eigenvalue weighted by atomic mass is 35.5. The molecule has 33 heteroatoms. The fourth-order valence-electron chi connectivity index (χ4n) is 20.7. The molecule has 15 aromatic rings. The molecule has 0 saturated heterocycles. The summed E-state index contributed by atoms with van der Waals surface area (Å²) in [5.41, 5.74) is 16.1. The van der Waals surface area contributed by atoms with E-state index in [9.17, 15) is 80.1 Å². The van der Waals surface area contributed by atoms with Crippen LogP contribution in [0.3, 0.4) is 0 Å². The summed E-state index contributed by atoms with van der Waals surface area (Å²) in [6.07, 6.45) is 8.81. The van der Waals surface area contributed by atoms with Gasteiger partial charge in [-0.2, -0.15) is 0 Å². The molecule has 21 rings (SSSR count). The number of aliphatic carboxylic acids is 5. The number of anilines is 3. The van der Waals surface area contributed by atoms with Gasteiger partial charge >= 0.3 is 29.8 Å². The maximum Gasteiger partial charge on any atom is 0.307 e. The number of amides is 2. The minimum Gasteiger partial charge on any atom is -0.490 e. The number of nitrogens with one attached hydrogen (secondary N) is 2. The van der Waals surface area contributed by atoms with Gasteiger partial charge in [-0.1, -0.05) is 114 Å². The van der Waals surface area contributed by atoms with Crippen LogP contribution in [0.1, 0.15) is 203 Å². The third kappa shape index (κ3) is 25.4. The van der Waals surface area contributed by atoms with Gasteiger partial charge in [0.25, 0.3) is 11.8 Å². The number of para-hydroxylation sites is 3. The number of ether oxygens (including phenoxy) is 4. The summed E-state index contributed by atoms with van der Waals surface area (Å²) in [6.45, 7) is 4.51. The number of carboxylic acid groups (broad SMARTS) is 5. The number of carboxylic acids is 5. The highest BCUT2D eigenvalue weighted by Crippen LogP contribution is 2.51. The molecule has 1 saturated carbocycles. The van der Waals surface area contributed by atoms with Crippen LogP contribution in [0.25, 0.3) is 32.7 Å². The van der Waals surface area contributed by atoms with E-state index >= 15 is 0 Å². The molecule has 3 aliphatic carbocycles. The molecule has 0 spiro atoms. The van der Waals surface area contributed by atoms with Crippen LogP contribution < -0.4 is 34.5 Å². The van der Waals surface area contributed by atoms with Crippen molar-refractivity contribution in [2.24, 2.45) is 0 Å². The Morgan fingerprint density at radius 2 is 0.927 bits per heavy atom. The van der Waals surface area contributed by atoms with Crippen LogP contribution in [0.15, 0.2) is 260 Å². The molecule has 7 N–H and O–H groups in total. The van der Waals surface area contributed by atoms with Crippen molar-refractivity contribution >= 4 is 148 Å². The number of ketones is 2. The second-order valence-electron chi connectivity index (χ2n) is 38.2. The minimum absolute atomic E-state index is 0.00375. The molecule has 5 atom stereocenters. The number of aromatic nitrogens is 3. The number of nitrogens with zero attached hydrogens (tertiary/aromatic N) is 4. The SMILES string of the molecule is CC(=O)c1cc(F)cc2c3c(n(Cc4ccc(Cl)cc4)c12)[C@@H](CC(=O)O)CC3.CN1C[C@@H](COc2ccc(C(=O)Nc3cccc(CC(=O)O)c3)cc2)Oc2ccccc21.CS(=O)(=O)c1cc(F)cc2c1c(C(=O)c1ccc(Cl)cc1)c1n2CCC[C@@H]1CC(=O)O.O=C(O)C[C@H]1CCc2c1n(Cc1ccc(Cl)cc1)c1c(C3CC3)cc(F)cc21.O=C(O)Cc1cccc(NC(=O)c2ccc(OCC3CCc4ccccc4O3)cc2)c1. The highest BCUT2D eigenvalue weighted by Gasteiger charge is 2.40. The lowest BCUT2D eigenvalue weighted by atomic mass is 9.87. The zero-order valence-electron chi connectivity index (χ0n) is 81.9. The first-order chi connectivity index (χ1) is 72.0. The Labute approximate surface area is 876 Å². The molecule has 6 aliphatic rings. The summed E-state index contributed by atoms with van der Waals surface area (Å²) in [4.78, 5) is 109. The molecule has 0 radical (unpaired) electrons. The van der Waals surface area contributed by atoms with E-state index in [1.807, 2.05) is 90.5 Å². The first kappa shape index (κ1) is 106. The van der Waals surface area contributed by atoms with Gasteiger partial charge in [0.05, 0.1) is 71.3 Å². The standard InChI is InChI=1S/C25H24N2O5.C25H23NO5.C23H21ClFNO2.C22H19ClFNO5S.C22H19ClFNO3/c1-27-15-21(32-23-8-3-2-7-22(23)27)16-31-20-11-9-18(10-12-20)25(30)26-19-6-4-5-17(13-19)14-24(28)29;27-24(28)15-17-4-3-6-20(14-17)26-25(29)19-9-11-21(12-10-19)30-16-22-13-8-18-5-1-2-7-23(18)31-22;24-16-6-1-13(2-7-16)12-26-22-15(9-21(27)28)5-8-18(22)20-11-17(25)10-19(23(20)26)14-3-4-14;1-31(29,30)17-11-15(24)10-16-19(17)20(22(28)12-4-6-14(23)7-5-12)21-13(9-18(26)27)3-2-8-25(16)21;1-12(26)18-9-16(24)10-19-17-7-4-14(8-20(27)28)21(17)25(22(18)19)11-13-2-5-15(23)6-3-13/h2-13,21H,14-16H2,1H3,(H,26,30)(H,28,29);1-7,9-12,14,22H,8,13,15-16H2,(H,26,29)(H,27,28);1-2,6-7,10-11,14-15H,3-5,8-9,12H2,(H,27,28);4-7,10-11,13H,2-3,8-9H2,1H3,(H,26,27);2-3,5-6,9-10,14H,4,7-8,11H2,1H3,(H,27,28)/t21-;;15-;13-;14-/m0.111/s1. The number of halogens is 6. The summed E-state index contributed by atoms with van der Waals surface area (Å²) in [6, 6.07) is 72.8. The molecule has 0 bridgehead atoms. The number of benzene rings is 12. The van der Waals surface area contributed by atoms with Crippen LogP contribution in [-0.2, 0) is 85.5 Å². The molecular formula is C117H106Cl3F3N6O20S. The van der Waals surface area contributed by atoms with Crippen molar-refractivity contribution in [3.8, 4) is 23.0 Å². The molecular weight excluding hydrogens is 2000 g/mol. The lowest BCUT2D eigenvalue weighted by Gasteiger charge is -2.33. The monoisotopic (exact) mass is 2110 g/mol. The Kier molecular flexibility index (Phi) is 32.8. The zero-order chi connectivity index (χ0) is 106. The van der Waals surface area contributed by atoms with Crippen LogP contribution >= 0.6 is 34.8 Å². The summed E-state index contributed by atoms with van der Waals surface area (Å²) in [7, 11) is -1.85. The van der Waals surface area contributed by atoms with Gasteiger partial charge in [0.2, 0.25) is 0 Å². The maximum atomic E-state index is 14.4. The zero-order valence-corrected chi connectivity index (χ0v) is 85.0. The van der Waals surface area contributed by atoms with Crippen molar-refractivity contribution in [3.05, 3.63) is 377 Å². The van der Waals surface area contributed by atoms with E-state index in [-0.39, 0.29) is 106 Å². The summed E-state index contributed by atoms with van der Waals surface area (Å²) < 4.78 is 97.8. The third-order valence-corrected chi connectivity index (χ3v) is 29.3. The Bertz CT molecular complexity index is 7830. The number of hydrogen-bond donors (Lipinski definition) is 7. The van der Waals surface area contributed by atoms with E-state index < -0.39 is 63.0 Å². The quantitative estimate of drug-likeness (QED) is 0.0214. The number of aryl methyl sites for hydroxylation is 4. The van der Waals surface area contributed by atoms with Crippen LogP contribution in [0.4, 0.5) is 30.2 Å². The largest absolute Gasteiger partial charge is 0.490 e. The second-order valence-corrected chi connectivity index (χ2v) is 41.5. The molecule has 6 heterocycles. The minimum atomic E-state index is -3.88. The molecule has 1 unspecified atom stereocenters. The molecule has 3 aromatic heterocycles. The van der Waals surface area contributed by atoms with Crippen molar-refractivity contribution in [3.63, 3.8) is 0 Å². The number of hydrogen-bond acceptors (Lipinski definition) is 16. The molecule has 3 aliphatic heterocycles. The Balaban J connectivity index is 0.000000128. The van der Waals surface area contributed by atoms with Crippen LogP contribution in [0.5, 0.6) is 23.0 Å². The Morgan fingerprint density at radius 1 is 0.460 bits per heavy atom. The van der Waals surface area contributed by atoms with Crippen molar-refractivity contribution < 1.29 is 109 Å². The number of rotatable bonds is 29.